The van der Waals surface area contributed by atoms with Crippen LogP contribution in [0.15, 0.2) is 30.5 Å². The van der Waals surface area contributed by atoms with E-state index in [0.717, 1.165) is 0 Å². The molecule has 1 heterocycles. The number of nitrogens with one attached hydrogen (secondary N) is 1. The predicted octanol–water partition coefficient (Wildman–Crippen LogP) is 2.48. The molecule has 2 rings (SSSR count). The molecule has 0 spiro atoms. The number of thiazole rings is 1. The number of benzene rings is 1. The van der Waals surface area contributed by atoms with Gasteiger partial charge >= 0.3 is 0 Å². The van der Waals surface area contributed by atoms with Crippen LogP contribution in [0.25, 0.3) is 0 Å². The highest BCUT2D eigenvalue weighted by molar-refractivity contribution is 7.19. The molecule has 0 saturated carbocycles. The van der Waals surface area contributed by atoms with Gasteiger partial charge in [-0.25, -0.2) is 9.37 Å². The molecular formula is C10H10FN3S. The zero-order chi connectivity index (χ0) is 10.7. The van der Waals surface area contributed by atoms with Crippen LogP contribution < -0.4 is 11.1 Å². The van der Waals surface area contributed by atoms with Gasteiger partial charge in [-0.05, 0) is 6.07 Å². The molecule has 0 aliphatic heterocycles. The smallest absolute Gasteiger partial charge is 0.184 e. The minimum absolute atomic E-state index is 0.213. The molecule has 0 bridgehead atoms. The Bertz CT molecular complexity index is 455. The summed E-state index contributed by atoms with van der Waals surface area (Å²) in [5.41, 5.74) is 6.14. The second-order valence-corrected chi connectivity index (χ2v) is 4.07. The van der Waals surface area contributed by atoms with Gasteiger partial charge in [0.25, 0.3) is 0 Å². The van der Waals surface area contributed by atoms with Crippen molar-refractivity contribution in [2.75, 3.05) is 11.1 Å². The van der Waals surface area contributed by atoms with Gasteiger partial charge in [0.05, 0.1) is 6.20 Å². The summed E-state index contributed by atoms with van der Waals surface area (Å²) >= 11 is 1.35. The Hall–Kier alpha value is -1.62. The summed E-state index contributed by atoms with van der Waals surface area (Å²) in [5, 5.41) is 4.36. The topological polar surface area (TPSA) is 50.9 Å². The molecule has 0 unspecified atom stereocenters. The van der Waals surface area contributed by atoms with E-state index in [-0.39, 0.29) is 5.82 Å². The molecular weight excluding hydrogens is 213 g/mol. The number of hydrogen-bond acceptors (Lipinski definition) is 4. The largest absolute Gasteiger partial charge is 0.389 e. The van der Waals surface area contributed by atoms with Crippen LogP contribution in [0.4, 0.5) is 14.5 Å². The quantitative estimate of drug-likeness (QED) is 0.840. The molecule has 3 N–H and O–H groups in total. The number of nitrogens with two attached hydrogens (primary N) is 1. The molecule has 15 heavy (non-hydrogen) atoms. The van der Waals surface area contributed by atoms with E-state index in [9.17, 15) is 4.39 Å². The van der Waals surface area contributed by atoms with Gasteiger partial charge < -0.3 is 11.1 Å². The molecule has 0 atom stereocenters. The zero-order valence-electron chi connectivity index (χ0n) is 7.90. The van der Waals surface area contributed by atoms with E-state index in [1.807, 2.05) is 0 Å². The molecule has 0 radical (unpaired) electrons. The van der Waals surface area contributed by atoms with Gasteiger partial charge in [-0.2, -0.15) is 0 Å². The fourth-order valence-corrected chi connectivity index (χ4v) is 1.76. The number of nitrogens with zero attached hydrogens (tertiary/aromatic N) is 1. The van der Waals surface area contributed by atoms with E-state index < -0.39 is 0 Å². The zero-order valence-corrected chi connectivity index (χ0v) is 8.72. The van der Waals surface area contributed by atoms with E-state index >= 15 is 0 Å². The Morgan fingerprint density at radius 3 is 2.87 bits per heavy atom. The molecule has 0 aliphatic carbocycles. The number of halogens is 1. The average Bonchev–Trinajstić information content (AvgIpc) is 2.63. The van der Waals surface area contributed by atoms with Crippen LogP contribution in [-0.4, -0.2) is 4.98 Å². The van der Waals surface area contributed by atoms with Crippen LogP contribution in [0, 0.1) is 5.82 Å². The first-order chi connectivity index (χ1) is 7.25. The molecule has 2 aromatic rings. The monoisotopic (exact) mass is 223 g/mol. The highest BCUT2D eigenvalue weighted by Gasteiger charge is 2.02. The highest BCUT2D eigenvalue weighted by atomic mass is 32.1. The number of rotatable bonds is 3. The summed E-state index contributed by atoms with van der Waals surface area (Å²) in [5.74, 6) is -0.213. The van der Waals surface area contributed by atoms with Crippen molar-refractivity contribution in [3.8, 4) is 0 Å². The van der Waals surface area contributed by atoms with Crippen molar-refractivity contribution in [2.24, 2.45) is 0 Å². The fourth-order valence-electron chi connectivity index (χ4n) is 1.18. The summed E-state index contributed by atoms with van der Waals surface area (Å²) in [6.45, 7) is 0.416. The molecule has 0 fully saturated rings. The molecule has 0 aliphatic rings. The maximum absolute atomic E-state index is 13.2. The maximum atomic E-state index is 13.2. The van der Waals surface area contributed by atoms with Crippen molar-refractivity contribution in [2.45, 2.75) is 6.54 Å². The molecule has 1 aromatic heterocycles. The Morgan fingerprint density at radius 2 is 2.20 bits per heavy atom. The van der Waals surface area contributed by atoms with Crippen molar-refractivity contribution in [1.82, 2.24) is 4.98 Å². The van der Waals surface area contributed by atoms with Crippen molar-refractivity contribution in [3.63, 3.8) is 0 Å². The summed E-state index contributed by atoms with van der Waals surface area (Å²) < 4.78 is 13.2. The highest BCUT2D eigenvalue weighted by Crippen LogP contribution is 2.20. The van der Waals surface area contributed by atoms with Gasteiger partial charge in [-0.15, -0.1) is 0 Å². The summed E-state index contributed by atoms with van der Waals surface area (Å²) in [7, 11) is 0. The van der Waals surface area contributed by atoms with Gasteiger partial charge in [0, 0.05) is 12.1 Å². The lowest BCUT2D eigenvalue weighted by molar-refractivity contribution is 0.613. The van der Waals surface area contributed by atoms with Crippen molar-refractivity contribution in [1.29, 1.82) is 0 Å². The predicted molar refractivity (Wildman–Crippen MR) is 60.3 cm³/mol. The second-order valence-electron chi connectivity index (χ2n) is 3.01. The lowest BCUT2D eigenvalue weighted by Gasteiger charge is -2.03. The number of hydrogen-bond donors (Lipinski definition) is 2. The van der Waals surface area contributed by atoms with Crippen LogP contribution in [0.2, 0.25) is 0 Å². The average molecular weight is 223 g/mol. The third-order valence-electron chi connectivity index (χ3n) is 1.91. The van der Waals surface area contributed by atoms with E-state index in [0.29, 0.717) is 22.2 Å². The van der Waals surface area contributed by atoms with Gasteiger partial charge in [0.15, 0.2) is 5.13 Å². The molecule has 3 nitrogen and oxygen atoms in total. The Labute approximate surface area is 90.8 Å². The summed E-state index contributed by atoms with van der Waals surface area (Å²) in [6, 6.07) is 6.64. The first-order valence-corrected chi connectivity index (χ1v) is 5.26. The van der Waals surface area contributed by atoms with Gasteiger partial charge in [-0.3, -0.25) is 0 Å². The molecule has 0 saturated heterocycles. The number of anilines is 2. The summed E-state index contributed by atoms with van der Waals surface area (Å²) in [4.78, 5) is 4.02. The fraction of sp³-hybridized carbons (Fsp3) is 0.100. The van der Waals surface area contributed by atoms with E-state index in [1.54, 1.807) is 24.4 Å². The van der Waals surface area contributed by atoms with Crippen LogP contribution in [0.1, 0.15) is 5.56 Å². The minimum atomic E-state index is -0.213. The Kier molecular flexibility index (Phi) is 2.82. The SMILES string of the molecule is Nc1cnc(NCc2ccccc2F)s1. The van der Waals surface area contributed by atoms with Crippen LogP contribution in [-0.2, 0) is 6.54 Å². The van der Waals surface area contributed by atoms with Gasteiger partial charge in [0.2, 0.25) is 0 Å². The first kappa shape index (κ1) is 9.92. The Morgan fingerprint density at radius 1 is 1.40 bits per heavy atom. The molecule has 5 heteroatoms. The van der Waals surface area contributed by atoms with E-state index in [1.165, 1.54) is 17.4 Å². The normalized spacial score (nSPS) is 10.2. The third kappa shape index (κ3) is 2.44. The second kappa shape index (κ2) is 4.27. The molecule has 78 valence electrons. The van der Waals surface area contributed by atoms with Gasteiger partial charge in [0.1, 0.15) is 10.8 Å². The van der Waals surface area contributed by atoms with Crippen molar-refractivity contribution < 1.29 is 4.39 Å². The summed E-state index contributed by atoms with van der Waals surface area (Å²) in [6.07, 6.45) is 1.58. The maximum Gasteiger partial charge on any atom is 0.184 e. The third-order valence-corrected chi connectivity index (χ3v) is 2.70. The molecule has 1 aromatic carbocycles. The van der Waals surface area contributed by atoms with Crippen LogP contribution >= 0.6 is 11.3 Å². The van der Waals surface area contributed by atoms with Crippen LogP contribution in [0.5, 0.6) is 0 Å². The first-order valence-electron chi connectivity index (χ1n) is 4.44. The Balaban J connectivity index is 2.02. The number of aromatic nitrogens is 1. The standard InChI is InChI=1S/C10H10FN3S/c11-8-4-2-1-3-7(8)5-13-10-14-6-9(12)15-10/h1-4,6H,5,12H2,(H,13,14). The van der Waals surface area contributed by atoms with E-state index in [2.05, 4.69) is 10.3 Å². The van der Waals surface area contributed by atoms with E-state index in [4.69, 9.17) is 5.73 Å². The van der Waals surface area contributed by atoms with Crippen molar-refractivity contribution in [3.05, 3.63) is 41.8 Å². The minimum Gasteiger partial charge on any atom is -0.389 e. The lowest BCUT2D eigenvalue weighted by atomic mass is 10.2. The molecule has 0 amide bonds. The van der Waals surface area contributed by atoms with Crippen LogP contribution in [0.3, 0.4) is 0 Å². The van der Waals surface area contributed by atoms with Crippen molar-refractivity contribution >= 4 is 21.5 Å². The lowest BCUT2D eigenvalue weighted by Crippen LogP contribution is -2.00. The number of nitrogen functional groups attached to an aromatic ring is 1. The van der Waals surface area contributed by atoms with Gasteiger partial charge in [-0.1, -0.05) is 29.5 Å².